The van der Waals surface area contributed by atoms with Crippen LogP contribution in [0.15, 0.2) is 188 Å². The summed E-state index contributed by atoms with van der Waals surface area (Å²) in [6.45, 7) is 2.30. The summed E-state index contributed by atoms with van der Waals surface area (Å²) in [5.74, 6) is 0.455. The summed E-state index contributed by atoms with van der Waals surface area (Å²) in [6.07, 6.45) is 7.74. The molecule has 0 aromatic heterocycles. The smallest absolute Gasteiger partial charge is 0.0462 e. The zero-order chi connectivity index (χ0) is 30.4. The lowest BCUT2D eigenvalue weighted by Crippen LogP contribution is -2.22. The topological polar surface area (TPSA) is 6.48 Å². The monoisotopic (exact) mass is 580 g/mol. The zero-order valence-electron chi connectivity index (χ0n) is 25.5. The van der Waals surface area contributed by atoms with Crippen LogP contribution in [0.2, 0.25) is 0 Å². The van der Waals surface area contributed by atoms with Gasteiger partial charge in [0.05, 0.1) is 0 Å². The fraction of sp³-hybridized carbons (Fsp3) is 0.0698. The first kappa shape index (κ1) is 28.2. The third kappa shape index (κ3) is 6.09. The first-order valence-corrected chi connectivity index (χ1v) is 15.7. The maximum absolute atomic E-state index is 2.39. The lowest BCUT2D eigenvalue weighted by Gasteiger charge is -2.32. The van der Waals surface area contributed by atoms with Crippen molar-refractivity contribution in [1.29, 1.82) is 0 Å². The van der Waals surface area contributed by atoms with E-state index in [0.29, 0.717) is 5.92 Å². The van der Waals surface area contributed by atoms with Crippen LogP contribution < -0.4 is 9.80 Å². The molecule has 6 aromatic rings. The Hall–Kier alpha value is -5.60. The van der Waals surface area contributed by atoms with E-state index in [4.69, 9.17) is 0 Å². The van der Waals surface area contributed by atoms with Crippen LogP contribution in [0.4, 0.5) is 28.4 Å². The van der Waals surface area contributed by atoms with Gasteiger partial charge in [0.15, 0.2) is 0 Å². The number of benzene rings is 6. The van der Waals surface area contributed by atoms with Crippen LogP contribution in [0, 0.1) is 5.92 Å². The van der Waals surface area contributed by atoms with Crippen LogP contribution in [0.1, 0.15) is 13.3 Å². The molecule has 0 spiro atoms. The molecule has 1 aliphatic carbocycles. The molecule has 2 heteroatoms. The van der Waals surface area contributed by atoms with Gasteiger partial charge >= 0.3 is 0 Å². The Morgan fingerprint density at radius 1 is 0.400 bits per heavy atom. The van der Waals surface area contributed by atoms with E-state index in [1.54, 1.807) is 0 Å². The normalized spacial score (nSPS) is 14.1. The third-order valence-electron chi connectivity index (χ3n) is 8.50. The maximum Gasteiger partial charge on any atom is 0.0462 e. The first-order valence-electron chi connectivity index (χ1n) is 15.7. The highest BCUT2D eigenvalue weighted by Gasteiger charge is 2.20. The number of rotatable bonds is 8. The number of hydrogen-bond donors (Lipinski definition) is 0. The molecule has 1 aliphatic rings. The van der Waals surface area contributed by atoms with Gasteiger partial charge in [0.25, 0.3) is 0 Å². The number of anilines is 5. The van der Waals surface area contributed by atoms with Crippen LogP contribution in [0.25, 0.3) is 22.3 Å². The average molecular weight is 581 g/mol. The Kier molecular flexibility index (Phi) is 8.11. The molecule has 7 rings (SSSR count). The molecule has 0 heterocycles. The molecule has 0 radical (unpaired) electrons. The Balaban J connectivity index is 1.12. The molecule has 1 atom stereocenters. The quantitative estimate of drug-likeness (QED) is 0.177. The molecular formula is C43H36N2. The number of nitrogens with zero attached hydrogens (tertiary/aromatic N) is 2. The molecule has 0 amide bonds. The Labute approximate surface area is 266 Å². The van der Waals surface area contributed by atoms with Gasteiger partial charge < -0.3 is 9.80 Å². The van der Waals surface area contributed by atoms with Crippen LogP contribution in [0.3, 0.4) is 0 Å². The van der Waals surface area contributed by atoms with Crippen molar-refractivity contribution in [2.24, 2.45) is 5.92 Å². The maximum atomic E-state index is 2.39. The van der Waals surface area contributed by atoms with Gasteiger partial charge in [-0.25, -0.2) is 0 Å². The molecule has 0 saturated carbocycles. The zero-order valence-corrected chi connectivity index (χ0v) is 25.5. The minimum absolute atomic E-state index is 0.455. The highest BCUT2D eigenvalue weighted by Crippen LogP contribution is 2.38. The van der Waals surface area contributed by atoms with Crippen molar-refractivity contribution in [1.82, 2.24) is 0 Å². The first-order chi connectivity index (χ1) is 22.2. The van der Waals surface area contributed by atoms with Crippen molar-refractivity contribution in [2.75, 3.05) is 9.80 Å². The van der Waals surface area contributed by atoms with E-state index in [1.165, 1.54) is 39.3 Å². The van der Waals surface area contributed by atoms with Gasteiger partial charge in [0.1, 0.15) is 0 Å². The largest absolute Gasteiger partial charge is 0.314 e. The average Bonchev–Trinajstić information content (AvgIpc) is 3.12. The summed E-state index contributed by atoms with van der Waals surface area (Å²) < 4.78 is 0. The van der Waals surface area contributed by atoms with Gasteiger partial charge in [0, 0.05) is 40.1 Å². The summed E-state index contributed by atoms with van der Waals surface area (Å²) in [4.78, 5) is 4.68. The van der Waals surface area contributed by atoms with Crippen LogP contribution in [-0.4, -0.2) is 0 Å². The van der Waals surface area contributed by atoms with Crippen LogP contribution in [0.5, 0.6) is 0 Å². The summed E-state index contributed by atoms with van der Waals surface area (Å²) >= 11 is 0. The second-order valence-electron chi connectivity index (χ2n) is 11.5. The number of para-hydroxylation sites is 3. The van der Waals surface area contributed by atoms with E-state index in [1.807, 2.05) is 0 Å². The van der Waals surface area contributed by atoms with E-state index in [2.05, 4.69) is 199 Å². The Morgan fingerprint density at radius 3 is 1.13 bits per heavy atom. The lowest BCUT2D eigenvalue weighted by molar-refractivity contribution is 0.670. The molecular weight excluding hydrogens is 544 g/mol. The molecule has 6 aromatic carbocycles. The second kappa shape index (κ2) is 13.0. The Bertz CT molecular complexity index is 1850. The highest BCUT2D eigenvalue weighted by molar-refractivity contribution is 5.79. The van der Waals surface area contributed by atoms with Crippen LogP contribution in [-0.2, 0) is 0 Å². The van der Waals surface area contributed by atoms with Gasteiger partial charge in [-0.15, -0.1) is 0 Å². The molecule has 45 heavy (non-hydrogen) atoms. The van der Waals surface area contributed by atoms with E-state index in [-0.39, 0.29) is 0 Å². The van der Waals surface area contributed by atoms with E-state index in [0.717, 1.165) is 23.5 Å². The minimum Gasteiger partial charge on any atom is -0.314 e. The molecule has 218 valence electrons. The van der Waals surface area contributed by atoms with E-state index < -0.39 is 0 Å². The number of allylic oxidation sites excluding steroid dienone is 4. The highest BCUT2D eigenvalue weighted by atomic mass is 15.2. The van der Waals surface area contributed by atoms with Gasteiger partial charge in [0.2, 0.25) is 0 Å². The summed E-state index contributed by atoms with van der Waals surface area (Å²) in [7, 11) is 0. The predicted molar refractivity (Wildman–Crippen MR) is 192 cm³/mol. The fourth-order valence-electron chi connectivity index (χ4n) is 6.12. The third-order valence-corrected chi connectivity index (χ3v) is 8.50. The molecule has 2 nitrogen and oxygen atoms in total. The van der Waals surface area contributed by atoms with Gasteiger partial charge in [-0.2, -0.15) is 0 Å². The predicted octanol–water partition coefficient (Wildman–Crippen LogP) is 12.1. The van der Waals surface area contributed by atoms with Gasteiger partial charge in [-0.1, -0.05) is 122 Å². The van der Waals surface area contributed by atoms with Gasteiger partial charge in [-0.05, 0) is 95.4 Å². The Morgan fingerprint density at radius 2 is 0.733 bits per heavy atom. The summed E-state index contributed by atoms with van der Waals surface area (Å²) in [5, 5.41) is 0. The molecule has 1 unspecified atom stereocenters. The van der Waals surface area contributed by atoms with Crippen molar-refractivity contribution in [3.05, 3.63) is 188 Å². The van der Waals surface area contributed by atoms with Crippen LogP contribution >= 0.6 is 0 Å². The van der Waals surface area contributed by atoms with E-state index in [9.17, 15) is 0 Å². The summed E-state index contributed by atoms with van der Waals surface area (Å²) in [5.41, 5.74) is 11.9. The fourth-order valence-corrected chi connectivity index (χ4v) is 6.12. The molecule has 0 N–H and O–H groups in total. The molecule has 0 bridgehead atoms. The van der Waals surface area contributed by atoms with Gasteiger partial charge in [-0.3, -0.25) is 0 Å². The van der Waals surface area contributed by atoms with Crippen molar-refractivity contribution in [3.63, 3.8) is 0 Å². The van der Waals surface area contributed by atoms with Crippen molar-refractivity contribution in [3.8, 4) is 22.3 Å². The summed E-state index contributed by atoms with van der Waals surface area (Å²) in [6, 6.07) is 58.4. The molecule has 0 fully saturated rings. The van der Waals surface area contributed by atoms with Crippen molar-refractivity contribution >= 4 is 28.4 Å². The minimum atomic E-state index is 0.455. The standard InChI is InChI=1S/C43H36N2/c1-33-13-11-12-20-43(33)45(40-18-9-4-10-19-40)42-31-27-37(28-32-42)35-23-21-34(22-24-35)36-25-29-41(30-26-36)44(38-14-5-2-6-15-38)39-16-7-3-8-17-39/h2-12,14-33H,13H2,1H3. The second-order valence-corrected chi connectivity index (χ2v) is 11.5. The molecule has 0 aliphatic heterocycles. The van der Waals surface area contributed by atoms with Crippen molar-refractivity contribution < 1.29 is 0 Å². The lowest BCUT2D eigenvalue weighted by atomic mass is 9.96. The molecule has 0 saturated heterocycles. The SMILES string of the molecule is CC1CC=CC=C1N(c1ccccc1)c1ccc(-c2ccc(-c3ccc(N(c4ccccc4)c4ccccc4)cc3)cc2)cc1. The van der Waals surface area contributed by atoms with E-state index >= 15 is 0 Å². The number of hydrogen-bond acceptors (Lipinski definition) is 2. The van der Waals surface area contributed by atoms with Crippen molar-refractivity contribution in [2.45, 2.75) is 13.3 Å².